The van der Waals surface area contributed by atoms with Crippen molar-refractivity contribution in [2.45, 2.75) is 39.8 Å². The maximum Gasteiger partial charge on any atom is 0.0689 e. The van der Waals surface area contributed by atoms with E-state index in [1.807, 2.05) is 0 Å². The van der Waals surface area contributed by atoms with E-state index >= 15 is 0 Å². The lowest BCUT2D eigenvalue weighted by Crippen LogP contribution is -2.41. The van der Waals surface area contributed by atoms with Gasteiger partial charge in [0, 0.05) is 12.6 Å². The average Bonchev–Trinajstić information content (AvgIpc) is 2.48. The van der Waals surface area contributed by atoms with Gasteiger partial charge in [-0.1, -0.05) is 30.3 Å². The molecule has 0 fully saturated rings. The molecule has 1 N–H and O–H groups in total. The van der Waals surface area contributed by atoms with Gasteiger partial charge in [0.25, 0.3) is 0 Å². The molecule has 2 nitrogen and oxygen atoms in total. The Kier molecular flexibility index (Phi) is 3.62. The zero-order valence-corrected chi connectivity index (χ0v) is 13.4. The Bertz CT molecular complexity index is 632. The molecule has 110 valence electrons. The van der Waals surface area contributed by atoms with Crippen molar-refractivity contribution in [1.82, 2.24) is 0 Å². The van der Waals surface area contributed by atoms with E-state index in [1.54, 1.807) is 0 Å². The Labute approximate surface area is 127 Å². The first-order valence-electron chi connectivity index (χ1n) is 7.75. The van der Waals surface area contributed by atoms with Gasteiger partial charge in [0.1, 0.15) is 0 Å². The second-order valence-corrected chi connectivity index (χ2v) is 6.31. The summed E-state index contributed by atoms with van der Waals surface area (Å²) < 4.78 is 0. The SMILES string of the molecule is Cc1cc2c(cc1C)N(C(C)C)C[C@H](c1ccccc1)N2. The topological polar surface area (TPSA) is 15.3 Å². The minimum absolute atomic E-state index is 0.350. The molecule has 0 radical (unpaired) electrons. The van der Waals surface area contributed by atoms with Crippen LogP contribution in [0.5, 0.6) is 0 Å². The molecule has 0 aliphatic carbocycles. The Balaban J connectivity index is 2.03. The molecule has 2 aromatic carbocycles. The van der Waals surface area contributed by atoms with E-state index in [1.165, 1.54) is 28.1 Å². The zero-order chi connectivity index (χ0) is 15.0. The Morgan fingerprint density at radius 3 is 2.38 bits per heavy atom. The average molecular weight is 280 g/mol. The summed E-state index contributed by atoms with van der Waals surface area (Å²) in [5.41, 5.74) is 6.65. The third-order valence-electron chi connectivity index (χ3n) is 4.46. The van der Waals surface area contributed by atoms with Gasteiger partial charge in [-0.3, -0.25) is 0 Å². The number of anilines is 2. The number of nitrogens with zero attached hydrogens (tertiary/aromatic N) is 1. The maximum absolute atomic E-state index is 3.72. The molecule has 1 aliphatic rings. The normalized spacial score (nSPS) is 17.6. The second kappa shape index (κ2) is 5.44. The lowest BCUT2D eigenvalue weighted by molar-refractivity contribution is 0.617. The molecule has 0 saturated carbocycles. The lowest BCUT2D eigenvalue weighted by atomic mass is 9.98. The van der Waals surface area contributed by atoms with Gasteiger partial charge in [-0.05, 0) is 56.5 Å². The van der Waals surface area contributed by atoms with Gasteiger partial charge in [-0.25, -0.2) is 0 Å². The van der Waals surface area contributed by atoms with E-state index in [-0.39, 0.29) is 0 Å². The van der Waals surface area contributed by atoms with Crippen molar-refractivity contribution in [3.63, 3.8) is 0 Å². The molecular formula is C19H24N2. The molecule has 1 heterocycles. The maximum atomic E-state index is 3.72. The fraction of sp³-hybridized carbons (Fsp3) is 0.368. The van der Waals surface area contributed by atoms with Crippen LogP contribution in [0.2, 0.25) is 0 Å². The van der Waals surface area contributed by atoms with Gasteiger partial charge in [0.2, 0.25) is 0 Å². The lowest BCUT2D eigenvalue weighted by Gasteiger charge is -2.40. The van der Waals surface area contributed by atoms with Crippen molar-refractivity contribution in [2.24, 2.45) is 0 Å². The molecule has 1 aliphatic heterocycles. The molecule has 0 amide bonds. The first-order chi connectivity index (χ1) is 10.1. The minimum Gasteiger partial charge on any atom is -0.375 e. The van der Waals surface area contributed by atoms with E-state index in [2.05, 4.69) is 80.4 Å². The standard InChI is InChI=1S/C19H24N2/c1-13(2)21-12-18(16-8-6-5-7-9-16)20-17-10-14(3)15(4)11-19(17)21/h5-11,13,18,20H,12H2,1-4H3/t18-/m1/s1. The largest absolute Gasteiger partial charge is 0.375 e. The van der Waals surface area contributed by atoms with Crippen molar-refractivity contribution in [1.29, 1.82) is 0 Å². The molecule has 0 aromatic heterocycles. The molecule has 21 heavy (non-hydrogen) atoms. The van der Waals surface area contributed by atoms with Crippen LogP contribution in [0.25, 0.3) is 0 Å². The van der Waals surface area contributed by atoms with Crippen molar-refractivity contribution < 1.29 is 0 Å². The number of fused-ring (bicyclic) bond motifs is 1. The molecule has 0 bridgehead atoms. The Hall–Kier alpha value is -1.96. The number of aryl methyl sites for hydroxylation is 2. The summed E-state index contributed by atoms with van der Waals surface area (Å²) in [5, 5.41) is 3.72. The number of nitrogens with one attached hydrogen (secondary N) is 1. The number of rotatable bonds is 2. The highest BCUT2D eigenvalue weighted by Crippen LogP contribution is 2.38. The summed E-state index contributed by atoms with van der Waals surface area (Å²) >= 11 is 0. The van der Waals surface area contributed by atoms with Crippen molar-refractivity contribution in [3.8, 4) is 0 Å². The van der Waals surface area contributed by atoms with Gasteiger partial charge >= 0.3 is 0 Å². The van der Waals surface area contributed by atoms with Crippen LogP contribution in [0.15, 0.2) is 42.5 Å². The van der Waals surface area contributed by atoms with Gasteiger partial charge in [-0.15, -0.1) is 0 Å². The summed E-state index contributed by atoms with van der Waals surface area (Å²) in [6.07, 6.45) is 0. The molecule has 1 atom stereocenters. The number of hydrogen-bond donors (Lipinski definition) is 1. The molecular weight excluding hydrogens is 256 g/mol. The first-order valence-corrected chi connectivity index (χ1v) is 7.75. The van der Waals surface area contributed by atoms with Crippen LogP contribution in [0.3, 0.4) is 0 Å². The number of hydrogen-bond acceptors (Lipinski definition) is 2. The van der Waals surface area contributed by atoms with Crippen molar-refractivity contribution in [2.75, 3.05) is 16.8 Å². The highest BCUT2D eigenvalue weighted by Gasteiger charge is 2.26. The summed E-state index contributed by atoms with van der Waals surface area (Å²) in [6.45, 7) is 9.93. The fourth-order valence-electron chi connectivity index (χ4n) is 3.05. The predicted molar refractivity (Wildman–Crippen MR) is 91.2 cm³/mol. The Morgan fingerprint density at radius 1 is 1.05 bits per heavy atom. The third kappa shape index (κ3) is 2.63. The highest BCUT2D eigenvalue weighted by atomic mass is 15.2. The quantitative estimate of drug-likeness (QED) is 0.859. The van der Waals surface area contributed by atoms with E-state index in [0.717, 1.165) is 6.54 Å². The summed E-state index contributed by atoms with van der Waals surface area (Å²) in [7, 11) is 0. The monoisotopic (exact) mass is 280 g/mol. The van der Waals surface area contributed by atoms with Gasteiger partial charge in [-0.2, -0.15) is 0 Å². The van der Waals surface area contributed by atoms with Crippen molar-refractivity contribution >= 4 is 11.4 Å². The van der Waals surface area contributed by atoms with Crippen LogP contribution in [0.4, 0.5) is 11.4 Å². The van der Waals surface area contributed by atoms with Gasteiger partial charge in [0.05, 0.1) is 17.4 Å². The summed E-state index contributed by atoms with van der Waals surface area (Å²) in [4.78, 5) is 2.51. The summed E-state index contributed by atoms with van der Waals surface area (Å²) in [6, 6.07) is 16.2. The molecule has 2 heteroatoms. The van der Waals surface area contributed by atoms with E-state index in [4.69, 9.17) is 0 Å². The van der Waals surface area contributed by atoms with Crippen LogP contribution in [0.1, 0.15) is 36.6 Å². The van der Waals surface area contributed by atoms with Crippen LogP contribution >= 0.6 is 0 Å². The molecule has 3 rings (SSSR count). The zero-order valence-electron chi connectivity index (χ0n) is 13.4. The van der Waals surface area contributed by atoms with Gasteiger partial charge in [0.15, 0.2) is 0 Å². The molecule has 0 spiro atoms. The van der Waals surface area contributed by atoms with Crippen LogP contribution in [-0.4, -0.2) is 12.6 Å². The van der Waals surface area contributed by atoms with E-state index < -0.39 is 0 Å². The number of benzene rings is 2. The van der Waals surface area contributed by atoms with Crippen molar-refractivity contribution in [3.05, 3.63) is 59.2 Å². The second-order valence-electron chi connectivity index (χ2n) is 6.31. The predicted octanol–water partition coefficient (Wildman–Crippen LogP) is 4.69. The first kappa shape index (κ1) is 14.0. The third-order valence-corrected chi connectivity index (χ3v) is 4.46. The highest BCUT2D eigenvalue weighted by molar-refractivity contribution is 5.75. The van der Waals surface area contributed by atoms with E-state index in [9.17, 15) is 0 Å². The van der Waals surface area contributed by atoms with Crippen LogP contribution in [0, 0.1) is 13.8 Å². The van der Waals surface area contributed by atoms with Gasteiger partial charge < -0.3 is 10.2 Å². The summed E-state index contributed by atoms with van der Waals surface area (Å²) in [5.74, 6) is 0. The van der Waals surface area contributed by atoms with Crippen LogP contribution < -0.4 is 10.2 Å². The smallest absolute Gasteiger partial charge is 0.0689 e. The minimum atomic E-state index is 0.350. The molecule has 2 aromatic rings. The Morgan fingerprint density at radius 2 is 1.71 bits per heavy atom. The fourth-order valence-corrected chi connectivity index (χ4v) is 3.05. The van der Waals surface area contributed by atoms with Crippen LogP contribution in [-0.2, 0) is 0 Å². The molecule has 0 saturated heterocycles. The molecule has 0 unspecified atom stereocenters. The van der Waals surface area contributed by atoms with E-state index in [0.29, 0.717) is 12.1 Å².